The molecule has 6 nitrogen and oxygen atoms in total. The summed E-state index contributed by atoms with van der Waals surface area (Å²) in [6.45, 7) is 20.9. The molecule has 0 aromatic rings. The molecule has 6 heteroatoms. The summed E-state index contributed by atoms with van der Waals surface area (Å²) < 4.78 is 10.8. The Labute approximate surface area is 457 Å². The predicted molar refractivity (Wildman–Crippen MR) is 321 cm³/mol. The fourth-order valence-corrected chi connectivity index (χ4v) is 9.85. The number of allylic oxidation sites excluding steroid dienone is 4. The highest BCUT2D eigenvalue weighted by molar-refractivity contribution is 5.77. The monoisotopic (exact) mass is 1030 g/mol. The Hall–Kier alpha value is -2.11. The minimum Gasteiger partial charge on any atom is -0.481 e. The maximum Gasteiger partial charge on any atom is 0.312 e. The first-order chi connectivity index (χ1) is 35.5. The third-order valence-electron chi connectivity index (χ3n) is 14.9. The Morgan fingerprint density at radius 1 is 0.356 bits per heavy atom. The zero-order valence-corrected chi connectivity index (χ0v) is 50.9. The summed E-state index contributed by atoms with van der Waals surface area (Å²) >= 11 is 0. The molecular formula is C67H130O6. The van der Waals surface area contributed by atoms with Crippen LogP contribution in [-0.2, 0) is 23.9 Å². The van der Waals surface area contributed by atoms with Crippen molar-refractivity contribution >= 4 is 17.9 Å². The molecule has 0 rings (SSSR count). The fourth-order valence-electron chi connectivity index (χ4n) is 9.85. The lowest BCUT2D eigenvalue weighted by Gasteiger charge is -2.39. The van der Waals surface area contributed by atoms with E-state index in [0.29, 0.717) is 37.9 Å². The average Bonchev–Trinajstić information content (AvgIpc) is 3.37. The first-order valence-corrected chi connectivity index (χ1v) is 32.4. The molecule has 0 fully saturated rings. The highest BCUT2D eigenvalue weighted by Crippen LogP contribution is 2.42. The van der Waals surface area contributed by atoms with E-state index in [1.54, 1.807) is 0 Å². The quantitative estimate of drug-likeness (QED) is 0.0371. The molecule has 434 valence electrons. The lowest BCUT2D eigenvalue weighted by Crippen LogP contribution is -2.42. The highest BCUT2D eigenvalue weighted by atomic mass is 16.5. The number of hydrogen-bond acceptors (Lipinski definition) is 5. The van der Waals surface area contributed by atoms with E-state index in [-0.39, 0.29) is 17.4 Å². The molecule has 0 unspecified atom stereocenters. The van der Waals surface area contributed by atoms with Crippen LogP contribution >= 0.6 is 0 Å². The van der Waals surface area contributed by atoms with E-state index in [9.17, 15) is 14.4 Å². The molecule has 0 amide bonds. The van der Waals surface area contributed by atoms with Crippen LogP contribution < -0.4 is 0 Å². The van der Waals surface area contributed by atoms with Gasteiger partial charge in [0.25, 0.3) is 0 Å². The molecule has 0 aromatic heterocycles. The van der Waals surface area contributed by atoms with Gasteiger partial charge in [0.1, 0.15) is 0 Å². The molecule has 0 bridgehead atoms. The van der Waals surface area contributed by atoms with Gasteiger partial charge in [-0.25, -0.2) is 0 Å². The van der Waals surface area contributed by atoms with Crippen LogP contribution in [0.5, 0.6) is 0 Å². The Balaban J connectivity index is -0.00000102. The smallest absolute Gasteiger partial charge is 0.312 e. The molecule has 0 aromatic carbocycles. The van der Waals surface area contributed by atoms with E-state index in [1.165, 1.54) is 231 Å². The predicted octanol–water partition coefficient (Wildman–Crippen LogP) is 22.6. The van der Waals surface area contributed by atoms with Gasteiger partial charge in [-0.1, -0.05) is 286 Å². The van der Waals surface area contributed by atoms with Gasteiger partial charge in [0.2, 0.25) is 0 Å². The second-order valence-electron chi connectivity index (χ2n) is 22.5. The molecule has 0 aliphatic heterocycles. The molecule has 0 aliphatic carbocycles. The lowest BCUT2D eigenvalue weighted by atomic mass is 9.66. The maximum absolute atomic E-state index is 12.8. The van der Waals surface area contributed by atoms with Gasteiger partial charge >= 0.3 is 17.9 Å². The molecule has 73 heavy (non-hydrogen) atoms. The van der Waals surface area contributed by atoms with Gasteiger partial charge in [-0.15, -0.1) is 0 Å². The highest BCUT2D eigenvalue weighted by Gasteiger charge is 2.45. The Morgan fingerprint density at radius 2 is 0.658 bits per heavy atom. The number of esters is 2. The van der Waals surface area contributed by atoms with Crippen LogP contribution in [0.3, 0.4) is 0 Å². The van der Waals surface area contributed by atoms with Crippen molar-refractivity contribution in [1.82, 2.24) is 0 Å². The van der Waals surface area contributed by atoms with Crippen molar-refractivity contribution < 1.29 is 29.0 Å². The number of unbranched alkanes of at least 4 members (excludes halogenated alkanes) is 36. The zero-order chi connectivity index (χ0) is 54.6. The van der Waals surface area contributed by atoms with Crippen molar-refractivity contribution in [3.05, 3.63) is 24.3 Å². The van der Waals surface area contributed by atoms with Crippen LogP contribution in [0.2, 0.25) is 0 Å². The van der Waals surface area contributed by atoms with Gasteiger partial charge in [0, 0.05) is 12.8 Å². The SMILES string of the molecule is CCCCCCCC/C=C\CCCCCCC(C(=O)OCCC)(C(C)C)C(C)C.CCCCCCCC/C=C\CCCCCCCC(=O)O.CCCCCCCCCCCCCCCCCC(=O)OCCCC. The van der Waals surface area contributed by atoms with Gasteiger partial charge in [-0.3, -0.25) is 14.4 Å². The van der Waals surface area contributed by atoms with E-state index < -0.39 is 5.97 Å². The maximum atomic E-state index is 12.8. The van der Waals surface area contributed by atoms with Crippen LogP contribution in [0.4, 0.5) is 0 Å². The molecule has 0 saturated heterocycles. The van der Waals surface area contributed by atoms with E-state index in [4.69, 9.17) is 14.6 Å². The normalized spacial score (nSPS) is 11.6. The number of carboxylic acids is 1. The number of carbonyl (C=O) groups is 3. The Bertz CT molecular complexity index is 1160. The summed E-state index contributed by atoms with van der Waals surface area (Å²) in [4.78, 5) is 34.6. The van der Waals surface area contributed by atoms with Crippen molar-refractivity contribution in [2.24, 2.45) is 17.3 Å². The number of hydrogen-bond donors (Lipinski definition) is 1. The topological polar surface area (TPSA) is 89.9 Å². The van der Waals surface area contributed by atoms with E-state index >= 15 is 0 Å². The lowest BCUT2D eigenvalue weighted by molar-refractivity contribution is -0.163. The largest absolute Gasteiger partial charge is 0.481 e. The summed E-state index contributed by atoms with van der Waals surface area (Å²) in [5, 5.41) is 8.51. The van der Waals surface area contributed by atoms with E-state index in [0.717, 1.165) is 51.4 Å². The third kappa shape index (κ3) is 55.9. The van der Waals surface area contributed by atoms with Crippen LogP contribution in [0.1, 0.15) is 358 Å². The minimum atomic E-state index is -0.664. The van der Waals surface area contributed by atoms with Gasteiger partial charge in [0.15, 0.2) is 0 Å². The number of carboxylic acid groups (broad SMARTS) is 1. The molecule has 1 N–H and O–H groups in total. The molecular weight excluding hydrogens is 901 g/mol. The second-order valence-corrected chi connectivity index (χ2v) is 22.5. The van der Waals surface area contributed by atoms with Gasteiger partial charge in [-0.05, 0) is 95.3 Å². The molecule has 0 aliphatic rings. The summed E-state index contributed by atoms with van der Waals surface area (Å²) in [5.41, 5.74) is -0.327. The first-order valence-electron chi connectivity index (χ1n) is 32.4. The Morgan fingerprint density at radius 3 is 0.973 bits per heavy atom. The number of carbonyl (C=O) groups excluding carboxylic acids is 2. The standard InChI is InChI=1S/C27H52O2.C22H44O2.C18H34O2/c1-7-9-10-11-12-13-14-15-16-17-18-19-20-21-22-27(24(3)4,25(5)6)26(28)29-23-8-2;1-3-5-7-8-9-10-11-12-13-14-15-16-17-18-19-20-22(23)24-21-6-4-2;1-2-3-4-5-6-7-8-9-10-11-12-13-14-15-16-17-18(19)20/h15-16,24-25H,7-14,17-23H2,1-6H3;3-21H2,1-2H3;9-10H,2-8,11-17H2,1H3,(H,19,20)/b16-15-;;10-9-. The fraction of sp³-hybridized carbons (Fsp3) is 0.896. The molecule has 0 spiro atoms. The summed E-state index contributed by atoms with van der Waals surface area (Å²) in [6.07, 6.45) is 66.5. The minimum absolute atomic E-state index is 0.00172. The third-order valence-corrected chi connectivity index (χ3v) is 14.9. The summed E-state index contributed by atoms with van der Waals surface area (Å²) in [5.74, 6) is -0.00345. The number of ether oxygens (including phenoxy) is 2. The van der Waals surface area contributed by atoms with E-state index in [2.05, 4.69) is 86.6 Å². The van der Waals surface area contributed by atoms with Crippen molar-refractivity contribution in [2.75, 3.05) is 13.2 Å². The molecule has 0 atom stereocenters. The number of aliphatic carboxylic acids is 1. The zero-order valence-electron chi connectivity index (χ0n) is 50.9. The van der Waals surface area contributed by atoms with Crippen LogP contribution in [0.15, 0.2) is 24.3 Å². The van der Waals surface area contributed by atoms with Crippen LogP contribution in [0, 0.1) is 17.3 Å². The van der Waals surface area contributed by atoms with Crippen molar-refractivity contribution in [1.29, 1.82) is 0 Å². The summed E-state index contributed by atoms with van der Waals surface area (Å²) in [6, 6.07) is 0. The van der Waals surface area contributed by atoms with Crippen LogP contribution in [-0.4, -0.2) is 36.2 Å². The average molecular weight is 1030 g/mol. The Kier molecular flexibility index (Phi) is 64.2. The van der Waals surface area contributed by atoms with Crippen molar-refractivity contribution in [3.63, 3.8) is 0 Å². The van der Waals surface area contributed by atoms with Gasteiger partial charge < -0.3 is 14.6 Å². The van der Waals surface area contributed by atoms with Gasteiger partial charge in [-0.2, -0.15) is 0 Å². The van der Waals surface area contributed by atoms with Crippen molar-refractivity contribution in [2.45, 2.75) is 358 Å². The van der Waals surface area contributed by atoms with E-state index in [1.807, 2.05) is 0 Å². The summed E-state index contributed by atoms with van der Waals surface area (Å²) in [7, 11) is 0. The van der Waals surface area contributed by atoms with Gasteiger partial charge in [0.05, 0.1) is 18.6 Å². The molecule has 0 saturated carbocycles. The molecule has 0 radical (unpaired) electrons. The first kappa shape index (κ1) is 75.1. The second kappa shape index (κ2) is 62.4. The van der Waals surface area contributed by atoms with Crippen LogP contribution in [0.25, 0.3) is 0 Å². The van der Waals surface area contributed by atoms with Crippen molar-refractivity contribution in [3.8, 4) is 0 Å². The molecule has 0 heterocycles. The number of rotatable bonds is 53.